The molecule has 0 saturated carbocycles. The van der Waals surface area contributed by atoms with Gasteiger partial charge in [-0.25, -0.2) is 18.0 Å². The van der Waals surface area contributed by atoms with Crippen molar-refractivity contribution in [2.45, 2.75) is 37.8 Å². The zero-order valence-corrected chi connectivity index (χ0v) is 23.8. The first-order valence-electron chi connectivity index (χ1n) is 13.9. The number of carbonyl (C=O) groups excluding carboxylic acids is 2. The van der Waals surface area contributed by atoms with Crippen LogP contribution in [-0.2, 0) is 27.5 Å². The lowest BCUT2D eigenvalue weighted by Crippen LogP contribution is -2.52. The highest BCUT2D eigenvalue weighted by Crippen LogP contribution is 2.30. The van der Waals surface area contributed by atoms with E-state index < -0.39 is 18.2 Å². The maximum Gasteiger partial charge on any atom is 0.490 e. The minimum absolute atomic E-state index is 0.112. The number of nitrogens with two attached hydrogens (primary N) is 1. The van der Waals surface area contributed by atoms with Crippen LogP contribution in [0.5, 0.6) is 0 Å². The standard InChI is InChI=1S/C29H29F3N4O2.C2HF3O2/c30-23-6-1-19(2-7-23)28(20-3-8-24(31)9-4-20)35-13-11-34(12-14-35)27(37)16-26(33)29(38)36-17-21-5-10-25(32)15-22(21)18-36;3-2(4,5)1(6)7/h1-10,15,26,28H,11-14,16-18,33H2;(H,6,7)/t26-;/m0./s1. The van der Waals surface area contributed by atoms with Crippen molar-refractivity contribution < 1.29 is 45.8 Å². The van der Waals surface area contributed by atoms with Gasteiger partial charge in [0.25, 0.3) is 0 Å². The minimum Gasteiger partial charge on any atom is -0.475 e. The molecule has 3 N–H and O–H groups in total. The lowest BCUT2D eigenvalue weighted by atomic mass is 9.96. The molecule has 45 heavy (non-hydrogen) atoms. The van der Waals surface area contributed by atoms with E-state index in [1.165, 1.54) is 36.4 Å². The number of halogens is 6. The molecule has 0 aromatic heterocycles. The molecule has 2 aliphatic heterocycles. The van der Waals surface area contributed by atoms with E-state index in [-0.39, 0.29) is 48.3 Å². The first kappa shape index (κ1) is 33.5. The summed E-state index contributed by atoms with van der Waals surface area (Å²) in [5, 5.41) is 7.12. The van der Waals surface area contributed by atoms with Gasteiger partial charge in [0.2, 0.25) is 11.8 Å². The molecule has 2 heterocycles. The predicted molar refractivity (Wildman–Crippen MR) is 150 cm³/mol. The summed E-state index contributed by atoms with van der Waals surface area (Å²) < 4.78 is 72.4. The number of hydrogen-bond donors (Lipinski definition) is 2. The Morgan fingerprint density at radius 3 is 1.69 bits per heavy atom. The van der Waals surface area contributed by atoms with Gasteiger partial charge in [-0.15, -0.1) is 0 Å². The Bertz CT molecular complexity index is 1460. The van der Waals surface area contributed by atoms with E-state index >= 15 is 0 Å². The molecule has 3 aromatic rings. The number of carboxylic acids is 1. The predicted octanol–water partition coefficient (Wildman–Crippen LogP) is 4.23. The maximum atomic E-state index is 13.6. The molecule has 2 aliphatic rings. The molecule has 8 nitrogen and oxygen atoms in total. The Hall–Kier alpha value is -4.43. The zero-order valence-electron chi connectivity index (χ0n) is 23.8. The summed E-state index contributed by atoms with van der Waals surface area (Å²) in [6.07, 6.45) is -5.20. The normalized spacial score (nSPS) is 15.7. The minimum atomic E-state index is -5.08. The highest BCUT2D eigenvalue weighted by atomic mass is 19.4. The summed E-state index contributed by atoms with van der Waals surface area (Å²) in [7, 11) is 0. The fourth-order valence-electron chi connectivity index (χ4n) is 5.29. The third kappa shape index (κ3) is 8.60. The Labute approximate surface area is 254 Å². The average Bonchev–Trinajstić information content (AvgIpc) is 3.42. The Kier molecular flexibility index (Phi) is 10.5. The van der Waals surface area contributed by atoms with E-state index in [1.54, 1.807) is 40.1 Å². The van der Waals surface area contributed by atoms with Crippen LogP contribution in [0.2, 0.25) is 0 Å². The summed E-state index contributed by atoms with van der Waals surface area (Å²) in [6.45, 7) is 2.59. The molecule has 0 unspecified atom stereocenters. The molecule has 0 bridgehead atoms. The van der Waals surface area contributed by atoms with Crippen molar-refractivity contribution in [2.24, 2.45) is 5.73 Å². The van der Waals surface area contributed by atoms with Crippen LogP contribution in [-0.4, -0.2) is 76.0 Å². The summed E-state index contributed by atoms with van der Waals surface area (Å²) in [5.41, 5.74) is 9.52. The number of alkyl halides is 3. The second-order valence-electron chi connectivity index (χ2n) is 10.6. The fraction of sp³-hybridized carbons (Fsp3) is 0.323. The van der Waals surface area contributed by atoms with Crippen molar-refractivity contribution in [1.82, 2.24) is 14.7 Å². The summed E-state index contributed by atoms with van der Waals surface area (Å²) in [5.74, 6) is -4.31. The first-order valence-corrected chi connectivity index (χ1v) is 13.9. The van der Waals surface area contributed by atoms with E-state index in [9.17, 15) is 35.9 Å². The number of carbonyl (C=O) groups is 3. The molecule has 1 atom stereocenters. The fourth-order valence-corrected chi connectivity index (χ4v) is 5.29. The SMILES string of the molecule is N[C@@H](CC(=O)N1CCN(C(c2ccc(F)cc2)c2ccc(F)cc2)CC1)C(=O)N1Cc2ccc(F)cc2C1.O=C(O)C(F)(F)F. The van der Waals surface area contributed by atoms with Crippen LogP contribution in [0.4, 0.5) is 26.3 Å². The third-order valence-corrected chi connectivity index (χ3v) is 7.56. The van der Waals surface area contributed by atoms with Crippen LogP contribution >= 0.6 is 0 Å². The van der Waals surface area contributed by atoms with Crippen molar-refractivity contribution in [3.8, 4) is 0 Å². The van der Waals surface area contributed by atoms with E-state index in [1.807, 2.05) is 0 Å². The Morgan fingerprint density at radius 2 is 1.20 bits per heavy atom. The molecule has 1 fully saturated rings. The highest BCUT2D eigenvalue weighted by Gasteiger charge is 2.38. The monoisotopic (exact) mass is 636 g/mol. The van der Waals surface area contributed by atoms with Crippen molar-refractivity contribution in [3.63, 3.8) is 0 Å². The third-order valence-electron chi connectivity index (χ3n) is 7.56. The smallest absolute Gasteiger partial charge is 0.475 e. The number of rotatable bonds is 6. The number of benzene rings is 3. The summed E-state index contributed by atoms with van der Waals surface area (Å²) in [4.78, 5) is 40.2. The molecule has 240 valence electrons. The maximum absolute atomic E-state index is 13.6. The molecule has 1 saturated heterocycles. The van der Waals surface area contributed by atoms with E-state index in [0.717, 1.165) is 22.3 Å². The van der Waals surface area contributed by atoms with E-state index in [0.29, 0.717) is 32.7 Å². The molecule has 2 amide bonds. The molecule has 5 rings (SSSR count). The quantitative estimate of drug-likeness (QED) is 0.393. The molecular formula is C31H30F6N4O4. The molecule has 0 spiro atoms. The van der Waals surface area contributed by atoms with E-state index in [4.69, 9.17) is 15.6 Å². The first-order chi connectivity index (χ1) is 21.2. The average molecular weight is 637 g/mol. The summed E-state index contributed by atoms with van der Waals surface area (Å²) in [6, 6.07) is 15.7. The Balaban J connectivity index is 0.000000591. The molecule has 14 heteroatoms. The lowest BCUT2D eigenvalue weighted by Gasteiger charge is -2.40. The van der Waals surface area contributed by atoms with Gasteiger partial charge < -0.3 is 20.6 Å². The van der Waals surface area contributed by atoms with Gasteiger partial charge in [-0.05, 0) is 58.7 Å². The van der Waals surface area contributed by atoms with Crippen LogP contribution in [0.25, 0.3) is 0 Å². The van der Waals surface area contributed by atoms with Crippen molar-refractivity contribution >= 4 is 17.8 Å². The van der Waals surface area contributed by atoms with E-state index in [2.05, 4.69) is 4.90 Å². The lowest BCUT2D eigenvalue weighted by molar-refractivity contribution is -0.192. The number of amides is 2. The number of aliphatic carboxylic acids is 1. The topological polar surface area (TPSA) is 107 Å². The molecule has 3 aromatic carbocycles. The Morgan fingerprint density at radius 1 is 0.733 bits per heavy atom. The van der Waals surface area contributed by atoms with Gasteiger partial charge in [0, 0.05) is 39.3 Å². The van der Waals surface area contributed by atoms with Crippen LogP contribution in [0.1, 0.15) is 34.7 Å². The number of hydrogen-bond acceptors (Lipinski definition) is 5. The number of piperazine rings is 1. The number of carboxylic acid groups (broad SMARTS) is 1. The molecule has 0 aliphatic carbocycles. The van der Waals surface area contributed by atoms with Gasteiger partial charge in [0.15, 0.2) is 0 Å². The largest absolute Gasteiger partial charge is 0.490 e. The number of fused-ring (bicyclic) bond motifs is 1. The van der Waals surface area contributed by atoms with Gasteiger partial charge in [0.1, 0.15) is 17.5 Å². The van der Waals surface area contributed by atoms with Crippen molar-refractivity contribution in [2.75, 3.05) is 26.2 Å². The molecule has 0 radical (unpaired) electrons. The number of nitrogens with zero attached hydrogens (tertiary/aromatic N) is 3. The van der Waals surface area contributed by atoms with Crippen LogP contribution in [0.15, 0.2) is 66.7 Å². The zero-order chi connectivity index (χ0) is 32.9. The second kappa shape index (κ2) is 14.1. The van der Waals surface area contributed by atoms with Gasteiger partial charge in [-0.2, -0.15) is 13.2 Å². The van der Waals surface area contributed by atoms with Crippen LogP contribution in [0.3, 0.4) is 0 Å². The van der Waals surface area contributed by atoms with Crippen molar-refractivity contribution in [1.29, 1.82) is 0 Å². The summed E-state index contributed by atoms with van der Waals surface area (Å²) >= 11 is 0. The van der Waals surface area contributed by atoms with Gasteiger partial charge in [-0.1, -0.05) is 30.3 Å². The van der Waals surface area contributed by atoms with Crippen LogP contribution < -0.4 is 5.73 Å². The molecular weight excluding hydrogens is 606 g/mol. The second-order valence-corrected chi connectivity index (χ2v) is 10.6. The van der Waals surface area contributed by atoms with Gasteiger partial charge in [0.05, 0.1) is 18.5 Å². The highest BCUT2D eigenvalue weighted by molar-refractivity contribution is 5.88. The van der Waals surface area contributed by atoms with Gasteiger partial charge >= 0.3 is 12.1 Å². The van der Waals surface area contributed by atoms with Crippen LogP contribution in [0, 0.1) is 17.5 Å². The van der Waals surface area contributed by atoms with Gasteiger partial charge in [-0.3, -0.25) is 14.5 Å². The van der Waals surface area contributed by atoms with Crippen molar-refractivity contribution in [3.05, 3.63) is 106 Å².